The fraction of sp³-hybridized carbons (Fsp3) is 0.500. The number of benzene rings is 1. The quantitative estimate of drug-likeness (QED) is 0.869. The molecule has 0 atom stereocenters. The van der Waals surface area contributed by atoms with Gasteiger partial charge in [-0.2, -0.15) is 0 Å². The van der Waals surface area contributed by atoms with Crippen LogP contribution in [0.4, 0.5) is 10.1 Å². The van der Waals surface area contributed by atoms with Crippen LogP contribution in [-0.2, 0) is 4.79 Å². The van der Waals surface area contributed by atoms with E-state index in [1.54, 1.807) is 46.8 Å². The molecule has 4 heteroatoms. The van der Waals surface area contributed by atoms with E-state index in [-0.39, 0.29) is 11.6 Å². The van der Waals surface area contributed by atoms with Crippen LogP contribution < -0.4 is 11.1 Å². The Bertz CT molecular complexity index is 441. The lowest BCUT2D eigenvalue weighted by molar-refractivity contribution is -0.126. The van der Waals surface area contributed by atoms with Crippen LogP contribution in [0.1, 0.15) is 33.3 Å². The number of rotatable bonds is 3. The molecule has 1 amide bonds. The number of aryl methyl sites for hydroxylation is 1. The summed E-state index contributed by atoms with van der Waals surface area (Å²) in [4.78, 5) is 12.2. The van der Waals surface area contributed by atoms with Gasteiger partial charge in [0.2, 0.25) is 5.91 Å². The highest BCUT2D eigenvalue weighted by molar-refractivity contribution is 5.96. The van der Waals surface area contributed by atoms with Gasteiger partial charge in [0.1, 0.15) is 5.82 Å². The third-order valence-electron chi connectivity index (χ3n) is 3.64. The minimum atomic E-state index is -0.804. The van der Waals surface area contributed by atoms with Gasteiger partial charge < -0.3 is 11.1 Å². The number of carbonyl (C=O) groups excluding carboxylic acids is 1. The van der Waals surface area contributed by atoms with Gasteiger partial charge in [-0.25, -0.2) is 4.39 Å². The maximum Gasteiger partial charge on any atom is 0.231 e. The standard InChI is InChI=1S/C14H21FN2O/c1-9-7-6-8-10(15)11(9)17-12(18)13(2,3)14(4,5)16/h6-8H,16H2,1-5H3,(H,17,18). The average Bonchev–Trinajstić information content (AvgIpc) is 2.21. The van der Waals surface area contributed by atoms with E-state index in [4.69, 9.17) is 5.73 Å². The smallest absolute Gasteiger partial charge is 0.231 e. The summed E-state index contributed by atoms with van der Waals surface area (Å²) in [5.74, 6) is -0.725. The normalized spacial score (nSPS) is 12.4. The van der Waals surface area contributed by atoms with Crippen LogP contribution in [0.25, 0.3) is 0 Å². The second kappa shape index (κ2) is 4.69. The Labute approximate surface area is 108 Å². The molecular weight excluding hydrogens is 231 g/mol. The molecule has 0 fully saturated rings. The van der Waals surface area contributed by atoms with Crippen LogP contribution >= 0.6 is 0 Å². The summed E-state index contributed by atoms with van der Waals surface area (Å²) < 4.78 is 13.6. The predicted octanol–water partition coefficient (Wildman–Crippen LogP) is 2.84. The molecule has 0 aliphatic heterocycles. The van der Waals surface area contributed by atoms with Gasteiger partial charge in [-0.15, -0.1) is 0 Å². The van der Waals surface area contributed by atoms with Crippen molar-refractivity contribution in [3.05, 3.63) is 29.6 Å². The fourth-order valence-corrected chi connectivity index (χ4v) is 1.35. The molecule has 1 rings (SSSR count). The van der Waals surface area contributed by atoms with Gasteiger partial charge >= 0.3 is 0 Å². The number of anilines is 1. The Kier molecular flexibility index (Phi) is 3.81. The van der Waals surface area contributed by atoms with Crippen LogP contribution in [-0.4, -0.2) is 11.4 Å². The summed E-state index contributed by atoms with van der Waals surface area (Å²) in [6, 6.07) is 4.68. The van der Waals surface area contributed by atoms with Crippen LogP contribution in [0.5, 0.6) is 0 Å². The van der Waals surface area contributed by atoms with E-state index in [1.165, 1.54) is 6.07 Å². The highest BCUT2D eigenvalue weighted by Gasteiger charge is 2.40. The average molecular weight is 252 g/mol. The zero-order chi connectivity index (χ0) is 14.1. The van der Waals surface area contributed by atoms with E-state index in [2.05, 4.69) is 5.32 Å². The third-order valence-corrected chi connectivity index (χ3v) is 3.64. The van der Waals surface area contributed by atoms with Crippen molar-refractivity contribution in [2.75, 3.05) is 5.32 Å². The van der Waals surface area contributed by atoms with Crippen molar-refractivity contribution in [1.29, 1.82) is 0 Å². The lowest BCUT2D eigenvalue weighted by Gasteiger charge is -2.37. The van der Waals surface area contributed by atoms with Crippen molar-refractivity contribution in [1.82, 2.24) is 0 Å². The first kappa shape index (κ1) is 14.6. The molecular formula is C14H21FN2O. The second-order valence-electron chi connectivity index (χ2n) is 5.73. The highest BCUT2D eigenvalue weighted by atomic mass is 19.1. The van der Waals surface area contributed by atoms with E-state index < -0.39 is 16.8 Å². The first-order chi connectivity index (χ1) is 8.07. The number of nitrogens with two attached hydrogens (primary N) is 1. The predicted molar refractivity (Wildman–Crippen MR) is 71.8 cm³/mol. The summed E-state index contributed by atoms with van der Waals surface area (Å²) >= 11 is 0. The Hall–Kier alpha value is -1.42. The Morgan fingerprint density at radius 3 is 2.28 bits per heavy atom. The molecule has 0 bridgehead atoms. The van der Waals surface area contributed by atoms with Gasteiger partial charge in [-0.3, -0.25) is 4.79 Å². The van der Waals surface area contributed by atoms with Gasteiger partial charge in [-0.1, -0.05) is 12.1 Å². The SMILES string of the molecule is Cc1cccc(F)c1NC(=O)C(C)(C)C(C)(C)N. The molecule has 0 radical (unpaired) electrons. The molecule has 0 saturated carbocycles. The minimum Gasteiger partial charge on any atom is -0.325 e. The fourth-order valence-electron chi connectivity index (χ4n) is 1.35. The van der Waals surface area contributed by atoms with Crippen molar-refractivity contribution >= 4 is 11.6 Å². The monoisotopic (exact) mass is 252 g/mol. The second-order valence-corrected chi connectivity index (χ2v) is 5.73. The maximum atomic E-state index is 13.6. The van der Waals surface area contributed by atoms with Gasteiger partial charge in [-0.05, 0) is 46.2 Å². The van der Waals surface area contributed by atoms with Crippen molar-refractivity contribution in [2.24, 2.45) is 11.1 Å². The molecule has 3 nitrogen and oxygen atoms in total. The number of halogens is 1. The topological polar surface area (TPSA) is 55.1 Å². The maximum absolute atomic E-state index is 13.6. The van der Waals surface area contributed by atoms with E-state index in [1.807, 2.05) is 0 Å². The zero-order valence-electron chi connectivity index (χ0n) is 11.6. The molecule has 0 aliphatic carbocycles. The molecule has 0 saturated heterocycles. The number of hydrogen-bond donors (Lipinski definition) is 2. The number of amides is 1. The van der Waals surface area contributed by atoms with Gasteiger partial charge in [0.15, 0.2) is 0 Å². The summed E-state index contributed by atoms with van der Waals surface area (Å²) in [6.45, 7) is 8.80. The minimum absolute atomic E-state index is 0.222. The Balaban J connectivity index is 3.03. The Morgan fingerprint density at radius 1 is 1.28 bits per heavy atom. The third kappa shape index (κ3) is 2.70. The molecule has 100 valence electrons. The lowest BCUT2D eigenvalue weighted by Crippen LogP contribution is -2.53. The van der Waals surface area contributed by atoms with E-state index >= 15 is 0 Å². The van der Waals surface area contributed by atoms with Crippen molar-refractivity contribution in [3.63, 3.8) is 0 Å². The summed E-state index contributed by atoms with van der Waals surface area (Å²) in [6.07, 6.45) is 0. The van der Waals surface area contributed by atoms with Crippen LogP contribution in [0.3, 0.4) is 0 Å². The van der Waals surface area contributed by atoms with Gasteiger partial charge in [0.25, 0.3) is 0 Å². The van der Waals surface area contributed by atoms with E-state index in [0.29, 0.717) is 5.56 Å². The van der Waals surface area contributed by atoms with E-state index in [9.17, 15) is 9.18 Å². The van der Waals surface area contributed by atoms with Crippen molar-refractivity contribution < 1.29 is 9.18 Å². The largest absolute Gasteiger partial charge is 0.325 e. The molecule has 0 unspecified atom stereocenters. The van der Waals surface area contributed by atoms with Gasteiger partial charge in [0, 0.05) is 5.54 Å². The molecule has 0 heterocycles. The molecule has 3 N–H and O–H groups in total. The molecule has 0 aromatic heterocycles. The first-order valence-electron chi connectivity index (χ1n) is 5.93. The van der Waals surface area contributed by atoms with E-state index in [0.717, 1.165) is 0 Å². The summed E-state index contributed by atoms with van der Waals surface area (Å²) in [5.41, 5.74) is 5.40. The lowest BCUT2D eigenvalue weighted by atomic mass is 9.74. The van der Waals surface area contributed by atoms with Crippen molar-refractivity contribution in [3.8, 4) is 0 Å². The van der Waals surface area contributed by atoms with Crippen LogP contribution in [0, 0.1) is 18.2 Å². The molecule has 1 aromatic rings. The summed E-state index contributed by atoms with van der Waals surface area (Å²) in [7, 11) is 0. The Morgan fingerprint density at radius 2 is 1.83 bits per heavy atom. The number of hydrogen-bond acceptors (Lipinski definition) is 2. The number of carbonyl (C=O) groups is 1. The number of nitrogens with one attached hydrogen (secondary N) is 1. The van der Waals surface area contributed by atoms with Crippen LogP contribution in [0.15, 0.2) is 18.2 Å². The number of para-hydroxylation sites is 1. The molecule has 18 heavy (non-hydrogen) atoms. The van der Waals surface area contributed by atoms with Crippen molar-refractivity contribution in [2.45, 2.75) is 40.2 Å². The highest BCUT2D eigenvalue weighted by Crippen LogP contribution is 2.30. The first-order valence-corrected chi connectivity index (χ1v) is 5.93. The summed E-state index contributed by atoms with van der Waals surface area (Å²) in [5, 5.41) is 2.63. The zero-order valence-corrected chi connectivity index (χ0v) is 11.6. The van der Waals surface area contributed by atoms with Crippen LogP contribution in [0.2, 0.25) is 0 Å². The molecule has 1 aromatic carbocycles. The molecule has 0 spiro atoms. The van der Waals surface area contributed by atoms with Gasteiger partial charge in [0.05, 0.1) is 11.1 Å². The molecule has 0 aliphatic rings.